The molecule has 0 unspecified atom stereocenters. The molecule has 0 amide bonds. The molecule has 4 saturated carbocycles. The van der Waals surface area contributed by atoms with E-state index >= 15 is 0 Å². The summed E-state index contributed by atoms with van der Waals surface area (Å²) >= 11 is 0. The Hall–Kier alpha value is -0.120. The molecule has 33 heavy (non-hydrogen) atoms. The zero-order valence-electron chi connectivity index (χ0n) is 23.0. The van der Waals surface area contributed by atoms with Crippen molar-refractivity contribution in [3.05, 3.63) is 0 Å². The Morgan fingerprint density at radius 2 is 1.42 bits per heavy atom. The second kappa shape index (κ2) is 7.94. The highest BCUT2D eigenvalue weighted by Crippen LogP contribution is 2.75. The molecule has 192 valence electrons. The van der Waals surface area contributed by atoms with E-state index in [4.69, 9.17) is 0 Å². The summed E-state index contributed by atoms with van der Waals surface area (Å²) < 4.78 is 0. The van der Waals surface area contributed by atoms with Crippen molar-refractivity contribution in [3.63, 3.8) is 0 Å². The fourth-order valence-electron chi connectivity index (χ4n) is 10.5. The van der Waals surface area contributed by atoms with E-state index in [0.29, 0.717) is 23.7 Å². The molecular formula is C30H54O3. The molecule has 3 nitrogen and oxygen atoms in total. The molecule has 3 heteroatoms. The van der Waals surface area contributed by atoms with Gasteiger partial charge in [0, 0.05) is 5.41 Å². The zero-order valence-corrected chi connectivity index (χ0v) is 23.0. The van der Waals surface area contributed by atoms with Crippen LogP contribution in [0, 0.1) is 45.3 Å². The van der Waals surface area contributed by atoms with Gasteiger partial charge >= 0.3 is 0 Å². The van der Waals surface area contributed by atoms with E-state index in [1.807, 2.05) is 13.8 Å². The first-order valence-corrected chi connectivity index (χ1v) is 14.2. The molecular weight excluding hydrogens is 408 g/mol. The number of aliphatic hydroxyl groups is 3. The summed E-state index contributed by atoms with van der Waals surface area (Å²) in [6.45, 7) is 18.3. The Balaban J connectivity index is 1.59. The highest BCUT2D eigenvalue weighted by atomic mass is 16.3. The standard InChI is InChI=1S/C30H54O3/c1-20(10-9-15-25(2,3)32)21-13-16-28(7)23-12-11-22-26(4,5)24(31)14-17-29(22,8)30(23,33)19-18-27(21,28)6/h20-24,31-33H,9-19H2,1-8H3/t20-,21-,22+,23+,24+,27-,28+,29+,30-/m1/s1. The quantitative estimate of drug-likeness (QED) is 0.425. The van der Waals surface area contributed by atoms with Crippen LogP contribution in [0.4, 0.5) is 0 Å². The maximum absolute atomic E-state index is 12.6. The van der Waals surface area contributed by atoms with Crippen LogP contribution in [-0.2, 0) is 0 Å². The van der Waals surface area contributed by atoms with Gasteiger partial charge in [-0.1, -0.05) is 54.4 Å². The predicted molar refractivity (Wildman–Crippen MR) is 136 cm³/mol. The predicted octanol–water partition coefficient (Wildman–Crippen LogP) is 6.72. The van der Waals surface area contributed by atoms with E-state index in [9.17, 15) is 15.3 Å². The van der Waals surface area contributed by atoms with Crippen LogP contribution in [0.5, 0.6) is 0 Å². The van der Waals surface area contributed by atoms with Crippen molar-refractivity contribution < 1.29 is 15.3 Å². The molecule has 4 fully saturated rings. The summed E-state index contributed by atoms with van der Waals surface area (Å²) in [5.74, 6) is 2.13. The van der Waals surface area contributed by atoms with Gasteiger partial charge in [0.2, 0.25) is 0 Å². The Labute approximate surface area is 204 Å². The lowest BCUT2D eigenvalue weighted by Crippen LogP contribution is -2.70. The van der Waals surface area contributed by atoms with Gasteiger partial charge in [0.05, 0.1) is 17.3 Å². The van der Waals surface area contributed by atoms with Crippen LogP contribution < -0.4 is 0 Å². The molecule has 9 atom stereocenters. The molecule has 0 bridgehead atoms. The second-order valence-corrected chi connectivity index (χ2v) is 15.1. The van der Waals surface area contributed by atoms with Gasteiger partial charge in [-0.3, -0.25) is 0 Å². The minimum atomic E-state index is -0.610. The average molecular weight is 463 g/mol. The van der Waals surface area contributed by atoms with E-state index in [0.717, 1.165) is 51.4 Å². The average Bonchev–Trinajstić information content (AvgIpc) is 2.97. The molecule has 4 aliphatic carbocycles. The van der Waals surface area contributed by atoms with Crippen LogP contribution in [0.25, 0.3) is 0 Å². The molecule has 3 N–H and O–H groups in total. The number of fused-ring (bicyclic) bond motifs is 5. The van der Waals surface area contributed by atoms with E-state index in [1.54, 1.807) is 0 Å². The second-order valence-electron chi connectivity index (χ2n) is 15.1. The third-order valence-electron chi connectivity index (χ3n) is 12.8. The lowest BCUT2D eigenvalue weighted by Gasteiger charge is -2.71. The summed E-state index contributed by atoms with van der Waals surface area (Å²) in [6, 6.07) is 0. The van der Waals surface area contributed by atoms with Crippen molar-refractivity contribution in [1.29, 1.82) is 0 Å². The molecule has 4 aliphatic rings. The van der Waals surface area contributed by atoms with Crippen LogP contribution in [0.15, 0.2) is 0 Å². The SMILES string of the molecule is C[C@H](CCCC(C)(C)O)[C@H]1CC[C@@]2(C)[C@@H]3CC[C@H]4C(C)(C)[C@@H](O)CC[C@]4(C)[C@@]3(O)CC[C@]12C. The minimum absolute atomic E-state index is 0.0978. The van der Waals surface area contributed by atoms with Gasteiger partial charge < -0.3 is 15.3 Å². The third-order valence-corrected chi connectivity index (χ3v) is 12.8. The van der Waals surface area contributed by atoms with E-state index in [1.165, 1.54) is 19.3 Å². The van der Waals surface area contributed by atoms with Crippen LogP contribution in [0.3, 0.4) is 0 Å². The van der Waals surface area contributed by atoms with Crippen LogP contribution >= 0.6 is 0 Å². The Kier molecular flexibility index (Phi) is 6.24. The molecule has 0 saturated heterocycles. The lowest BCUT2D eigenvalue weighted by atomic mass is 9.36. The highest BCUT2D eigenvalue weighted by Gasteiger charge is 2.72. The third kappa shape index (κ3) is 3.60. The van der Waals surface area contributed by atoms with Gasteiger partial charge in [-0.2, -0.15) is 0 Å². The largest absolute Gasteiger partial charge is 0.393 e. The summed E-state index contributed by atoms with van der Waals surface area (Å²) in [4.78, 5) is 0. The first-order chi connectivity index (χ1) is 15.0. The molecule has 0 aliphatic heterocycles. The topological polar surface area (TPSA) is 60.7 Å². The molecule has 0 spiro atoms. The van der Waals surface area contributed by atoms with Gasteiger partial charge in [0.25, 0.3) is 0 Å². The molecule has 0 aromatic heterocycles. The first-order valence-electron chi connectivity index (χ1n) is 14.2. The summed E-state index contributed by atoms with van der Waals surface area (Å²) in [5, 5.41) is 33.6. The van der Waals surface area contributed by atoms with Gasteiger partial charge in [0.15, 0.2) is 0 Å². The van der Waals surface area contributed by atoms with Gasteiger partial charge in [-0.25, -0.2) is 0 Å². The maximum Gasteiger partial charge on any atom is 0.0737 e. The Bertz CT molecular complexity index is 739. The van der Waals surface area contributed by atoms with Crippen LogP contribution in [0.1, 0.15) is 126 Å². The zero-order chi connectivity index (χ0) is 24.7. The monoisotopic (exact) mass is 462 g/mol. The lowest BCUT2D eigenvalue weighted by molar-refractivity contribution is -0.284. The highest BCUT2D eigenvalue weighted by molar-refractivity contribution is 5.22. The summed E-state index contributed by atoms with van der Waals surface area (Å²) in [5.41, 5.74) is -0.929. The van der Waals surface area contributed by atoms with E-state index in [2.05, 4.69) is 41.5 Å². The van der Waals surface area contributed by atoms with Crippen molar-refractivity contribution in [3.8, 4) is 0 Å². The van der Waals surface area contributed by atoms with Gasteiger partial charge in [-0.15, -0.1) is 0 Å². The molecule has 0 aromatic carbocycles. The summed E-state index contributed by atoms with van der Waals surface area (Å²) in [6.07, 6.45) is 11.5. The molecule has 0 aromatic rings. The Morgan fingerprint density at radius 3 is 2.06 bits per heavy atom. The number of aliphatic hydroxyl groups excluding tert-OH is 1. The van der Waals surface area contributed by atoms with Crippen LogP contribution in [0.2, 0.25) is 0 Å². The van der Waals surface area contributed by atoms with Crippen molar-refractivity contribution in [1.82, 2.24) is 0 Å². The molecule has 4 rings (SSSR count). The van der Waals surface area contributed by atoms with Crippen molar-refractivity contribution in [2.45, 2.75) is 143 Å². The normalized spacial score (nSPS) is 50.3. The maximum atomic E-state index is 12.6. The first kappa shape index (κ1) is 26.0. The smallest absolute Gasteiger partial charge is 0.0737 e. The number of hydrogen-bond acceptors (Lipinski definition) is 3. The number of rotatable bonds is 5. The van der Waals surface area contributed by atoms with Crippen molar-refractivity contribution >= 4 is 0 Å². The minimum Gasteiger partial charge on any atom is -0.393 e. The summed E-state index contributed by atoms with van der Waals surface area (Å²) in [7, 11) is 0. The molecule has 0 heterocycles. The van der Waals surface area contributed by atoms with Crippen LogP contribution in [-0.4, -0.2) is 32.6 Å². The van der Waals surface area contributed by atoms with Gasteiger partial charge in [0.1, 0.15) is 0 Å². The van der Waals surface area contributed by atoms with Crippen molar-refractivity contribution in [2.75, 3.05) is 0 Å². The van der Waals surface area contributed by atoms with E-state index in [-0.39, 0.29) is 27.8 Å². The molecule has 0 radical (unpaired) electrons. The van der Waals surface area contributed by atoms with E-state index < -0.39 is 11.2 Å². The van der Waals surface area contributed by atoms with Crippen molar-refractivity contribution in [2.24, 2.45) is 45.3 Å². The number of hydrogen-bond donors (Lipinski definition) is 3. The van der Waals surface area contributed by atoms with Gasteiger partial charge in [-0.05, 0) is 112 Å². The Morgan fingerprint density at radius 1 is 0.818 bits per heavy atom. The fourth-order valence-corrected chi connectivity index (χ4v) is 10.5. The fraction of sp³-hybridized carbons (Fsp3) is 1.00.